The van der Waals surface area contributed by atoms with Gasteiger partial charge in [-0.2, -0.15) is 0 Å². The Morgan fingerprint density at radius 3 is 1.47 bits per heavy atom. The van der Waals surface area contributed by atoms with Crippen molar-refractivity contribution in [2.45, 2.75) is 79.1 Å². The average Bonchev–Trinajstić information content (AvgIpc) is 3.68. The summed E-state index contributed by atoms with van der Waals surface area (Å²) in [4.78, 5) is 27.3. The van der Waals surface area contributed by atoms with Crippen LogP contribution in [-0.2, 0) is 9.59 Å². The highest BCUT2D eigenvalue weighted by Crippen LogP contribution is 2.49. The molecule has 0 N–H and O–H groups in total. The van der Waals surface area contributed by atoms with E-state index in [1.54, 1.807) is 0 Å². The van der Waals surface area contributed by atoms with Crippen LogP contribution in [0.5, 0.6) is 0 Å². The van der Waals surface area contributed by atoms with Crippen LogP contribution in [0.3, 0.4) is 0 Å². The van der Waals surface area contributed by atoms with Crippen LogP contribution in [0.2, 0.25) is 0 Å². The molecule has 0 bridgehead atoms. The van der Waals surface area contributed by atoms with E-state index in [0.29, 0.717) is 47.2 Å². The molecular formula is C32H40O2. The van der Waals surface area contributed by atoms with Crippen molar-refractivity contribution in [1.82, 2.24) is 0 Å². The fraction of sp³-hybridized carbons (Fsp3) is 0.656. The normalized spacial score (nSPS) is 31.1. The summed E-state index contributed by atoms with van der Waals surface area (Å²) in [5.74, 6) is 4.49. The maximum absolute atomic E-state index is 13.7. The summed E-state index contributed by atoms with van der Waals surface area (Å²) in [5.41, 5.74) is 8.78. The molecule has 0 spiro atoms. The van der Waals surface area contributed by atoms with E-state index in [0.717, 1.165) is 27.9 Å². The molecule has 4 saturated carbocycles. The molecule has 6 rings (SSSR count). The van der Waals surface area contributed by atoms with Crippen molar-refractivity contribution >= 4 is 11.6 Å². The van der Waals surface area contributed by atoms with E-state index >= 15 is 0 Å². The zero-order chi connectivity index (χ0) is 23.7. The van der Waals surface area contributed by atoms with Gasteiger partial charge in [-0.3, -0.25) is 9.59 Å². The summed E-state index contributed by atoms with van der Waals surface area (Å²) in [6.07, 6.45) is 16.6. The van der Waals surface area contributed by atoms with Gasteiger partial charge >= 0.3 is 0 Å². The topological polar surface area (TPSA) is 34.1 Å². The SMILES string of the molecule is CC(C1=C=C(C2C=C(C(C)C3CC3)C(=O)C(C(C)C3CC3)=C2)C=C(C(C)C2CC2)C1=O)C1CC1. The number of ketones is 2. The molecule has 34 heavy (non-hydrogen) atoms. The smallest absolute Gasteiger partial charge is 0.193 e. The second kappa shape index (κ2) is 8.34. The van der Waals surface area contributed by atoms with Gasteiger partial charge in [0.25, 0.3) is 0 Å². The van der Waals surface area contributed by atoms with Crippen LogP contribution in [0.1, 0.15) is 79.1 Å². The molecule has 0 amide bonds. The molecule has 0 aliphatic heterocycles. The van der Waals surface area contributed by atoms with Crippen LogP contribution >= 0.6 is 0 Å². The lowest BCUT2D eigenvalue weighted by molar-refractivity contribution is -0.114. The Balaban J connectivity index is 1.44. The van der Waals surface area contributed by atoms with E-state index in [9.17, 15) is 9.59 Å². The van der Waals surface area contributed by atoms with Crippen LogP contribution in [0.4, 0.5) is 0 Å². The van der Waals surface area contributed by atoms with Crippen LogP contribution in [0.15, 0.2) is 51.8 Å². The van der Waals surface area contributed by atoms with Crippen LogP contribution < -0.4 is 0 Å². The molecule has 0 saturated heterocycles. The summed E-state index contributed by atoms with van der Waals surface area (Å²) < 4.78 is 0. The first-order chi connectivity index (χ1) is 16.3. The predicted octanol–water partition coefficient (Wildman–Crippen LogP) is 7.18. The Morgan fingerprint density at radius 2 is 1.03 bits per heavy atom. The van der Waals surface area contributed by atoms with Crippen molar-refractivity contribution in [1.29, 1.82) is 0 Å². The van der Waals surface area contributed by atoms with Gasteiger partial charge in [0.1, 0.15) is 0 Å². The molecule has 0 heterocycles. The highest BCUT2D eigenvalue weighted by atomic mass is 16.1. The number of allylic oxidation sites excluding steroid dienone is 7. The molecule has 0 radical (unpaired) electrons. The second-order valence-electron chi connectivity index (χ2n) is 12.5. The van der Waals surface area contributed by atoms with Crippen LogP contribution in [-0.4, -0.2) is 11.6 Å². The highest BCUT2D eigenvalue weighted by Gasteiger charge is 2.42. The Labute approximate surface area is 205 Å². The van der Waals surface area contributed by atoms with Crippen molar-refractivity contribution in [3.05, 3.63) is 51.8 Å². The predicted molar refractivity (Wildman–Crippen MR) is 136 cm³/mol. The molecule has 6 aliphatic rings. The van der Waals surface area contributed by atoms with E-state index in [1.165, 1.54) is 51.4 Å². The average molecular weight is 457 g/mol. The van der Waals surface area contributed by atoms with Gasteiger partial charge in [-0.05, 0) is 116 Å². The van der Waals surface area contributed by atoms with Gasteiger partial charge in [0.2, 0.25) is 0 Å². The Morgan fingerprint density at radius 1 is 0.618 bits per heavy atom. The standard InChI is InChI=1S/C32H40O2/c1-17(21-5-6-21)27-13-25(14-28(31(27)33)18(2)22-7-8-22)26-15-29(19(3)23-9-10-23)32(34)30(16-26)20(4)24-11-12-24/h13-15,17-25H,5-12H2,1-4H3. The highest BCUT2D eigenvalue weighted by molar-refractivity contribution is 6.11. The minimum Gasteiger partial charge on any atom is -0.289 e. The van der Waals surface area contributed by atoms with Crippen LogP contribution in [0, 0.1) is 53.3 Å². The molecule has 0 aromatic heterocycles. The first kappa shape index (κ1) is 22.5. The van der Waals surface area contributed by atoms with Gasteiger partial charge in [0, 0.05) is 22.6 Å². The largest absolute Gasteiger partial charge is 0.289 e. The molecule has 4 atom stereocenters. The monoisotopic (exact) mass is 456 g/mol. The fourth-order valence-corrected chi connectivity index (χ4v) is 6.51. The second-order valence-corrected chi connectivity index (χ2v) is 12.5. The summed E-state index contributed by atoms with van der Waals surface area (Å²) in [7, 11) is 0. The van der Waals surface area contributed by atoms with E-state index in [2.05, 4.69) is 51.7 Å². The number of hydrogen-bond acceptors (Lipinski definition) is 2. The molecule has 0 aromatic carbocycles. The summed E-state index contributed by atoms with van der Waals surface area (Å²) >= 11 is 0. The lowest BCUT2D eigenvalue weighted by atomic mass is 9.74. The summed E-state index contributed by atoms with van der Waals surface area (Å²) in [5, 5.41) is 0. The van der Waals surface area contributed by atoms with E-state index < -0.39 is 0 Å². The minimum absolute atomic E-state index is 0.0565. The Bertz CT molecular complexity index is 1040. The molecule has 0 aromatic rings. The maximum Gasteiger partial charge on any atom is 0.193 e. The minimum atomic E-state index is 0.0565. The third kappa shape index (κ3) is 4.17. The van der Waals surface area contributed by atoms with E-state index in [1.807, 2.05) is 0 Å². The summed E-state index contributed by atoms with van der Waals surface area (Å²) in [6, 6.07) is 0. The quantitative estimate of drug-likeness (QED) is 0.344. The molecule has 2 heteroatoms. The third-order valence-electron chi connectivity index (χ3n) is 9.94. The van der Waals surface area contributed by atoms with Crippen molar-refractivity contribution in [3.8, 4) is 0 Å². The van der Waals surface area contributed by atoms with Crippen LogP contribution in [0.25, 0.3) is 0 Å². The van der Waals surface area contributed by atoms with E-state index in [4.69, 9.17) is 0 Å². The first-order valence-electron chi connectivity index (χ1n) is 14.1. The van der Waals surface area contributed by atoms with Gasteiger partial charge in [-0.25, -0.2) is 0 Å². The number of hydrogen-bond donors (Lipinski definition) is 0. The Kier molecular flexibility index (Phi) is 5.53. The molecule has 2 nitrogen and oxygen atoms in total. The van der Waals surface area contributed by atoms with Gasteiger partial charge in [0.15, 0.2) is 11.6 Å². The summed E-state index contributed by atoms with van der Waals surface area (Å²) in [6.45, 7) is 9.00. The number of carbonyl (C=O) groups is 2. The zero-order valence-corrected chi connectivity index (χ0v) is 21.4. The molecule has 180 valence electrons. The van der Waals surface area contributed by atoms with Crippen molar-refractivity contribution in [2.75, 3.05) is 0 Å². The zero-order valence-electron chi connectivity index (χ0n) is 21.4. The molecular weight excluding hydrogens is 416 g/mol. The third-order valence-corrected chi connectivity index (χ3v) is 9.94. The lowest BCUT2D eigenvalue weighted by Gasteiger charge is -2.29. The van der Waals surface area contributed by atoms with E-state index in [-0.39, 0.29) is 17.6 Å². The van der Waals surface area contributed by atoms with Crippen molar-refractivity contribution < 1.29 is 9.59 Å². The van der Waals surface area contributed by atoms with Gasteiger partial charge < -0.3 is 0 Å². The number of rotatable bonds is 9. The lowest BCUT2D eigenvalue weighted by Crippen LogP contribution is -2.26. The fourth-order valence-electron chi connectivity index (χ4n) is 6.51. The number of Topliss-reactive ketones (excluding diaryl/α,β-unsaturated/α-hetero) is 2. The van der Waals surface area contributed by atoms with Gasteiger partial charge in [-0.1, -0.05) is 39.8 Å². The first-order valence-corrected chi connectivity index (χ1v) is 14.1. The van der Waals surface area contributed by atoms with Gasteiger partial charge in [-0.15, -0.1) is 5.73 Å². The van der Waals surface area contributed by atoms with Crippen molar-refractivity contribution in [3.63, 3.8) is 0 Å². The Hall–Kier alpha value is -1.92. The van der Waals surface area contributed by atoms with Crippen molar-refractivity contribution in [2.24, 2.45) is 53.3 Å². The van der Waals surface area contributed by atoms with Gasteiger partial charge in [0.05, 0.1) is 0 Å². The number of carbonyl (C=O) groups excluding carboxylic acids is 2. The molecule has 4 fully saturated rings. The molecule has 4 unspecified atom stereocenters. The molecule has 6 aliphatic carbocycles. The maximum atomic E-state index is 13.7.